The van der Waals surface area contributed by atoms with Gasteiger partial charge < -0.3 is 14.2 Å². The van der Waals surface area contributed by atoms with Gasteiger partial charge in [-0.3, -0.25) is 4.79 Å². The number of carbonyl (C=O) groups is 1. The molecule has 0 amide bonds. The Morgan fingerprint density at radius 3 is 2.00 bits per heavy atom. The second-order valence-corrected chi connectivity index (χ2v) is 7.90. The topological polar surface area (TPSA) is 44.8 Å². The third-order valence-corrected chi connectivity index (χ3v) is 4.40. The van der Waals surface area contributed by atoms with Gasteiger partial charge in [0.2, 0.25) is 0 Å². The Labute approximate surface area is 136 Å². The second-order valence-electron chi connectivity index (χ2n) is 7.90. The minimum Gasteiger partial charge on any atom is -0.469 e. The van der Waals surface area contributed by atoms with Crippen molar-refractivity contribution in [2.24, 2.45) is 16.7 Å². The zero-order valence-electron chi connectivity index (χ0n) is 15.8. The first kappa shape index (κ1) is 21.4. The predicted octanol–water partition coefficient (Wildman–Crippen LogP) is 4.42. The Morgan fingerprint density at radius 2 is 1.55 bits per heavy atom. The van der Waals surface area contributed by atoms with Gasteiger partial charge in [-0.2, -0.15) is 0 Å². The Balaban J connectivity index is 4.78. The molecule has 2 unspecified atom stereocenters. The highest BCUT2D eigenvalue weighted by molar-refractivity contribution is 5.72. The summed E-state index contributed by atoms with van der Waals surface area (Å²) in [6.45, 7) is 13.3. The molecule has 0 saturated heterocycles. The molecule has 0 radical (unpaired) electrons. The molecule has 132 valence electrons. The summed E-state index contributed by atoms with van der Waals surface area (Å²) < 4.78 is 15.6. The van der Waals surface area contributed by atoms with Crippen LogP contribution < -0.4 is 0 Å². The molecule has 0 fully saturated rings. The summed E-state index contributed by atoms with van der Waals surface area (Å²) in [6.07, 6.45) is 3.70. The van der Waals surface area contributed by atoms with Crippen molar-refractivity contribution in [3.63, 3.8) is 0 Å². The maximum atomic E-state index is 12.2. The number of hydrogen-bond donors (Lipinski definition) is 0. The third kappa shape index (κ3) is 8.74. The van der Waals surface area contributed by atoms with Crippen molar-refractivity contribution in [3.8, 4) is 0 Å². The molecule has 4 heteroatoms. The quantitative estimate of drug-likeness (QED) is 0.418. The first-order chi connectivity index (χ1) is 10.1. The average Bonchev–Trinajstić information content (AvgIpc) is 2.42. The fourth-order valence-electron chi connectivity index (χ4n) is 2.99. The van der Waals surface area contributed by atoms with Gasteiger partial charge >= 0.3 is 5.97 Å². The van der Waals surface area contributed by atoms with E-state index in [0.717, 1.165) is 25.7 Å². The van der Waals surface area contributed by atoms with Crippen LogP contribution in [0.5, 0.6) is 0 Å². The Morgan fingerprint density at radius 1 is 1.00 bits per heavy atom. The highest BCUT2D eigenvalue weighted by Gasteiger charge is 2.33. The van der Waals surface area contributed by atoms with Crippen LogP contribution in [0, 0.1) is 16.7 Å². The molecule has 22 heavy (non-hydrogen) atoms. The van der Waals surface area contributed by atoms with Gasteiger partial charge in [-0.05, 0) is 37.0 Å². The molecule has 0 aliphatic rings. The zero-order chi connectivity index (χ0) is 17.4. The molecule has 0 aliphatic heterocycles. The van der Waals surface area contributed by atoms with Gasteiger partial charge in [-0.25, -0.2) is 0 Å². The van der Waals surface area contributed by atoms with Crippen molar-refractivity contribution >= 4 is 5.97 Å². The molecule has 0 heterocycles. The van der Waals surface area contributed by atoms with E-state index < -0.39 is 0 Å². The van der Waals surface area contributed by atoms with Crippen LogP contribution in [0.4, 0.5) is 0 Å². The SMILES string of the molecule is CCC(C)(C)CC(CC(C)(C)CC(C)OCOC)C(=O)OC. The van der Waals surface area contributed by atoms with Crippen molar-refractivity contribution < 1.29 is 19.0 Å². The molecule has 0 saturated carbocycles. The monoisotopic (exact) mass is 316 g/mol. The van der Waals surface area contributed by atoms with E-state index in [0.29, 0.717) is 6.79 Å². The maximum absolute atomic E-state index is 12.2. The first-order valence-electron chi connectivity index (χ1n) is 8.25. The Bertz CT molecular complexity index is 323. The molecule has 4 nitrogen and oxygen atoms in total. The fourth-order valence-corrected chi connectivity index (χ4v) is 2.99. The van der Waals surface area contributed by atoms with Gasteiger partial charge in [-0.15, -0.1) is 0 Å². The number of ether oxygens (including phenoxy) is 3. The van der Waals surface area contributed by atoms with Gasteiger partial charge in [0.25, 0.3) is 0 Å². The molecule has 0 spiro atoms. The van der Waals surface area contributed by atoms with E-state index in [9.17, 15) is 4.79 Å². The number of esters is 1. The normalized spacial score (nSPS) is 15.5. The minimum absolute atomic E-state index is 0.00976. The number of hydrogen-bond acceptors (Lipinski definition) is 4. The summed E-state index contributed by atoms with van der Waals surface area (Å²) in [6, 6.07) is 0. The lowest BCUT2D eigenvalue weighted by atomic mass is 9.72. The van der Waals surface area contributed by atoms with Gasteiger partial charge in [0.15, 0.2) is 0 Å². The van der Waals surface area contributed by atoms with E-state index in [1.165, 1.54) is 7.11 Å². The van der Waals surface area contributed by atoms with Crippen LogP contribution in [0.3, 0.4) is 0 Å². The largest absolute Gasteiger partial charge is 0.469 e. The van der Waals surface area contributed by atoms with Crippen LogP contribution in [-0.2, 0) is 19.0 Å². The van der Waals surface area contributed by atoms with E-state index in [2.05, 4.69) is 34.6 Å². The van der Waals surface area contributed by atoms with Gasteiger partial charge in [-0.1, -0.05) is 41.0 Å². The standard InChI is InChI=1S/C18H36O4/c1-9-17(3,4)11-15(16(19)21-8)12-18(5,6)10-14(2)22-13-20-7/h14-15H,9-13H2,1-8H3. The summed E-state index contributed by atoms with van der Waals surface area (Å²) >= 11 is 0. The summed E-state index contributed by atoms with van der Waals surface area (Å²) in [4.78, 5) is 12.2. The van der Waals surface area contributed by atoms with Crippen molar-refractivity contribution in [1.29, 1.82) is 0 Å². The molecule has 0 N–H and O–H groups in total. The molecule has 2 atom stereocenters. The van der Waals surface area contributed by atoms with Gasteiger partial charge in [0.1, 0.15) is 6.79 Å². The predicted molar refractivity (Wildman–Crippen MR) is 89.6 cm³/mol. The van der Waals surface area contributed by atoms with E-state index >= 15 is 0 Å². The second kappa shape index (κ2) is 9.51. The summed E-state index contributed by atoms with van der Waals surface area (Å²) in [5.41, 5.74) is 0.156. The molecule has 0 aromatic heterocycles. The average molecular weight is 316 g/mol. The molecule has 0 aliphatic carbocycles. The Kier molecular flexibility index (Phi) is 9.25. The third-order valence-electron chi connectivity index (χ3n) is 4.40. The van der Waals surface area contributed by atoms with E-state index in [1.807, 2.05) is 6.92 Å². The fraction of sp³-hybridized carbons (Fsp3) is 0.944. The molecular weight excluding hydrogens is 280 g/mol. The van der Waals surface area contributed by atoms with Crippen molar-refractivity contribution in [2.45, 2.75) is 73.3 Å². The molecule has 0 rings (SSSR count). The van der Waals surface area contributed by atoms with Crippen LogP contribution in [0.1, 0.15) is 67.2 Å². The van der Waals surface area contributed by atoms with E-state index in [4.69, 9.17) is 14.2 Å². The summed E-state index contributed by atoms with van der Waals surface area (Å²) in [7, 11) is 3.10. The van der Waals surface area contributed by atoms with Crippen LogP contribution in [-0.4, -0.2) is 33.1 Å². The summed E-state index contributed by atoms with van der Waals surface area (Å²) in [5.74, 6) is -0.162. The summed E-state index contributed by atoms with van der Waals surface area (Å²) in [5, 5.41) is 0. The first-order valence-corrected chi connectivity index (χ1v) is 8.25. The Hall–Kier alpha value is -0.610. The highest BCUT2D eigenvalue weighted by Crippen LogP contribution is 2.38. The minimum atomic E-state index is -0.0972. The van der Waals surface area contributed by atoms with E-state index in [-0.39, 0.29) is 28.8 Å². The molecule has 0 aromatic carbocycles. The van der Waals surface area contributed by atoms with Crippen LogP contribution in [0.15, 0.2) is 0 Å². The van der Waals surface area contributed by atoms with Gasteiger partial charge in [0.05, 0.1) is 19.1 Å². The van der Waals surface area contributed by atoms with Crippen LogP contribution in [0.25, 0.3) is 0 Å². The zero-order valence-corrected chi connectivity index (χ0v) is 15.8. The van der Waals surface area contributed by atoms with Crippen molar-refractivity contribution in [2.75, 3.05) is 21.0 Å². The lowest BCUT2D eigenvalue weighted by Crippen LogP contribution is -2.31. The lowest BCUT2D eigenvalue weighted by molar-refractivity contribution is -0.148. The maximum Gasteiger partial charge on any atom is 0.308 e. The smallest absolute Gasteiger partial charge is 0.308 e. The number of carbonyl (C=O) groups excluding carboxylic acids is 1. The van der Waals surface area contributed by atoms with Crippen LogP contribution >= 0.6 is 0 Å². The number of methoxy groups -OCH3 is 2. The molecule has 0 bridgehead atoms. The molecule has 0 aromatic rings. The highest BCUT2D eigenvalue weighted by atomic mass is 16.7. The van der Waals surface area contributed by atoms with Crippen LogP contribution in [0.2, 0.25) is 0 Å². The van der Waals surface area contributed by atoms with Crippen molar-refractivity contribution in [3.05, 3.63) is 0 Å². The van der Waals surface area contributed by atoms with Crippen molar-refractivity contribution in [1.82, 2.24) is 0 Å². The number of rotatable bonds is 11. The molecular formula is C18H36O4. The lowest BCUT2D eigenvalue weighted by Gasteiger charge is -2.34. The van der Waals surface area contributed by atoms with Gasteiger partial charge in [0, 0.05) is 7.11 Å². The van der Waals surface area contributed by atoms with E-state index in [1.54, 1.807) is 7.11 Å².